The Morgan fingerprint density at radius 2 is 1.86 bits per heavy atom. The Morgan fingerprint density at radius 1 is 1.09 bits per heavy atom. The lowest BCUT2D eigenvalue weighted by molar-refractivity contribution is 0.0998. The number of fused-ring (bicyclic) bond motifs is 1. The molecule has 2 aromatic carbocycles. The lowest BCUT2D eigenvalue weighted by atomic mass is 10.1. The first-order valence-corrected chi connectivity index (χ1v) is 7.47. The van der Waals surface area contributed by atoms with Gasteiger partial charge in [0.15, 0.2) is 5.76 Å². The van der Waals surface area contributed by atoms with Crippen molar-refractivity contribution in [2.75, 3.05) is 5.32 Å². The average molecular weight is 334 g/mol. The summed E-state index contributed by atoms with van der Waals surface area (Å²) >= 11 is 11.9. The van der Waals surface area contributed by atoms with Crippen LogP contribution in [0.1, 0.15) is 21.7 Å². The van der Waals surface area contributed by atoms with Gasteiger partial charge in [0.25, 0.3) is 5.91 Å². The summed E-state index contributed by atoms with van der Waals surface area (Å²) in [6.45, 7) is 3.86. The van der Waals surface area contributed by atoms with Crippen molar-refractivity contribution in [3.05, 3.63) is 63.3 Å². The molecule has 3 nitrogen and oxygen atoms in total. The second-order valence-electron chi connectivity index (χ2n) is 5.13. The van der Waals surface area contributed by atoms with Crippen LogP contribution in [-0.4, -0.2) is 5.91 Å². The van der Waals surface area contributed by atoms with E-state index in [0.29, 0.717) is 21.3 Å². The van der Waals surface area contributed by atoms with E-state index in [1.165, 1.54) is 0 Å². The Hall–Kier alpha value is -1.97. The van der Waals surface area contributed by atoms with Crippen LogP contribution in [0.2, 0.25) is 10.0 Å². The Morgan fingerprint density at radius 3 is 2.59 bits per heavy atom. The third-order valence-corrected chi connectivity index (χ3v) is 4.03. The van der Waals surface area contributed by atoms with E-state index in [1.54, 1.807) is 18.2 Å². The topological polar surface area (TPSA) is 42.2 Å². The van der Waals surface area contributed by atoms with Crippen LogP contribution < -0.4 is 5.32 Å². The Balaban J connectivity index is 1.97. The summed E-state index contributed by atoms with van der Waals surface area (Å²) in [6.07, 6.45) is 0. The van der Waals surface area contributed by atoms with Gasteiger partial charge in [-0.05, 0) is 44.2 Å². The number of amides is 1. The number of nitrogens with one attached hydrogen (secondary N) is 1. The van der Waals surface area contributed by atoms with Gasteiger partial charge < -0.3 is 9.73 Å². The molecule has 0 aliphatic rings. The second kappa shape index (κ2) is 5.67. The fourth-order valence-corrected chi connectivity index (χ4v) is 2.78. The molecule has 0 atom stereocenters. The summed E-state index contributed by atoms with van der Waals surface area (Å²) in [5.74, 6) is -0.0535. The monoisotopic (exact) mass is 333 g/mol. The van der Waals surface area contributed by atoms with Crippen molar-refractivity contribution < 1.29 is 9.21 Å². The molecule has 1 aromatic heterocycles. The highest BCUT2D eigenvalue weighted by molar-refractivity contribution is 6.36. The molecule has 0 bridgehead atoms. The second-order valence-corrected chi connectivity index (χ2v) is 5.98. The zero-order valence-corrected chi connectivity index (χ0v) is 13.5. The van der Waals surface area contributed by atoms with E-state index >= 15 is 0 Å². The molecule has 1 N–H and O–H groups in total. The lowest BCUT2D eigenvalue weighted by Gasteiger charge is -2.06. The van der Waals surface area contributed by atoms with Gasteiger partial charge in [0.2, 0.25) is 0 Å². The first kappa shape index (κ1) is 14.9. The minimum Gasteiger partial charge on any atom is -0.451 e. The third kappa shape index (κ3) is 2.70. The first-order valence-electron chi connectivity index (χ1n) is 6.72. The van der Waals surface area contributed by atoms with Gasteiger partial charge in [0.05, 0.1) is 10.7 Å². The number of halogens is 2. The molecule has 1 heterocycles. The number of aryl methyl sites for hydroxylation is 2. The van der Waals surface area contributed by atoms with Gasteiger partial charge in [0, 0.05) is 16.0 Å². The van der Waals surface area contributed by atoms with Crippen molar-refractivity contribution >= 4 is 45.8 Å². The fourth-order valence-electron chi connectivity index (χ4n) is 2.32. The molecular formula is C17H13Cl2NO2. The molecule has 0 saturated heterocycles. The molecule has 3 rings (SSSR count). The van der Waals surface area contributed by atoms with Gasteiger partial charge in [-0.1, -0.05) is 34.8 Å². The molecule has 3 aromatic rings. The van der Waals surface area contributed by atoms with E-state index in [2.05, 4.69) is 5.32 Å². The number of carbonyl (C=O) groups excluding carboxylic acids is 1. The molecule has 0 unspecified atom stereocenters. The molecule has 112 valence electrons. The minimum absolute atomic E-state index is 0.284. The molecule has 0 fully saturated rings. The quantitative estimate of drug-likeness (QED) is 0.662. The molecule has 0 radical (unpaired) electrons. The van der Waals surface area contributed by atoms with Gasteiger partial charge in [-0.25, -0.2) is 0 Å². The Labute approximate surface area is 137 Å². The van der Waals surface area contributed by atoms with Crippen molar-refractivity contribution in [1.82, 2.24) is 0 Å². The van der Waals surface area contributed by atoms with E-state index in [-0.39, 0.29) is 11.7 Å². The Kier molecular flexibility index (Phi) is 3.85. The number of hydrogen-bond acceptors (Lipinski definition) is 2. The first-order chi connectivity index (χ1) is 10.5. The van der Waals surface area contributed by atoms with Gasteiger partial charge in [0.1, 0.15) is 5.58 Å². The molecule has 0 aliphatic carbocycles. The van der Waals surface area contributed by atoms with Crippen LogP contribution in [0.15, 0.2) is 40.8 Å². The van der Waals surface area contributed by atoms with E-state index < -0.39 is 0 Å². The van der Waals surface area contributed by atoms with Crippen molar-refractivity contribution in [3.8, 4) is 0 Å². The van der Waals surface area contributed by atoms with Crippen LogP contribution in [0.25, 0.3) is 11.0 Å². The molecule has 5 heteroatoms. The SMILES string of the molecule is Cc1ccc2oc(C(=O)Nc3ccc(Cl)cc3Cl)c(C)c2c1. The van der Waals surface area contributed by atoms with Crippen LogP contribution in [0.3, 0.4) is 0 Å². The number of benzene rings is 2. The molecule has 0 saturated carbocycles. The van der Waals surface area contributed by atoms with Crippen molar-refractivity contribution in [2.45, 2.75) is 13.8 Å². The van der Waals surface area contributed by atoms with E-state index in [4.69, 9.17) is 27.6 Å². The predicted molar refractivity (Wildman–Crippen MR) is 90.1 cm³/mol. The maximum Gasteiger partial charge on any atom is 0.291 e. The highest BCUT2D eigenvalue weighted by Gasteiger charge is 2.18. The highest BCUT2D eigenvalue weighted by atomic mass is 35.5. The summed E-state index contributed by atoms with van der Waals surface area (Å²) in [5, 5.41) is 4.58. The van der Waals surface area contributed by atoms with Crippen LogP contribution in [0.4, 0.5) is 5.69 Å². The molecule has 0 aliphatic heterocycles. The predicted octanol–water partition coefficient (Wildman–Crippen LogP) is 5.61. The summed E-state index contributed by atoms with van der Waals surface area (Å²) in [4.78, 5) is 12.4. The normalized spacial score (nSPS) is 10.9. The van der Waals surface area contributed by atoms with Crippen molar-refractivity contribution in [2.24, 2.45) is 0 Å². The van der Waals surface area contributed by atoms with Gasteiger partial charge in [-0.3, -0.25) is 4.79 Å². The molecule has 0 spiro atoms. The maximum atomic E-state index is 12.4. The minimum atomic E-state index is -0.337. The number of furan rings is 1. The van der Waals surface area contributed by atoms with Crippen LogP contribution in [0, 0.1) is 13.8 Å². The smallest absolute Gasteiger partial charge is 0.291 e. The van der Waals surface area contributed by atoms with Gasteiger partial charge >= 0.3 is 0 Å². The van der Waals surface area contributed by atoms with E-state index in [9.17, 15) is 4.79 Å². The summed E-state index contributed by atoms with van der Waals surface area (Å²) in [5.41, 5.74) is 3.10. The number of hydrogen-bond donors (Lipinski definition) is 1. The zero-order chi connectivity index (χ0) is 15.9. The van der Waals surface area contributed by atoms with Crippen LogP contribution in [-0.2, 0) is 0 Å². The van der Waals surface area contributed by atoms with Gasteiger partial charge in [-0.15, -0.1) is 0 Å². The molecular weight excluding hydrogens is 321 g/mol. The van der Waals surface area contributed by atoms with E-state index in [0.717, 1.165) is 16.5 Å². The summed E-state index contributed by atoms with van der Waals surface area (Å²) in [6, 6.07) is 10.7. The standard InChI is InChI=1S/C17H13Cl2NO2/c1-9-3-6-15-12(7-9)10(2)16(22-15)17(21)20-14-5-4-11(18)8-13(14)19/h3-8H,1-2H3,(H,20,21). The number of anilines is 1. The van der Waals surface area contributed by atoms with Gasteiger partial charge in [-0.2, -0.15) is 0 Å². The summed E-state index contributed by atoms with van der Waals surface area (Å²) in [7, 11) is 0. The van der Waals surface area contributed by atoms with E-state index in [1.807, 2.05) is 32.0 Å². The van der Waals surface area contributed by atoms with Crippen LogP contribution in [0.5, 0.6) is 0 Å². The largest absolute Gasteiger partial charge is 0.451 e. The highest BCUT2D eigenvalue weighted by Crippen LogP contribution is 2.29. The Bertz CT molecular complexity index is 884. The fraction of sp³-hybridized carbons (Fsp3) is 0.118. The van der Waals surface area contributed by atoms with Crippen molar-refractivity contribution in [1.29, 1.82) is 0 Å². The van der Waals surface area contributed by atoms with Crippen LogP contribution >= 0.6 is 23.2 Å². The average Bonchev–Trinajstić information content (AvgIpc) is 2.79. The lowest BCUT2D eigenvalue weighted by Crippen LogP contribution is -2.12. The number of rotatable bonds is 2. The third-order valence-electron chi connectivity index (χ3n) is 3.48. The number of carbonyl (C=O) groups is 1. The summed E-state index contributed by atoms with van der Waals surface area (Å²) < 4.78 is 5.67. The zero-order valence-electron chi connectivity index (χ0n) is 12.0. The molecule has 1 amide bonds. The van der Waals surface area contributed by atoms with Crippen molar-refractivity contribution in [3.63, 3.8) is 0 Å². The maximum absolute atomic E-state index is 12.4. The molecule has 22 heavy (non-hydrogen) atoms.